The fourth-order valence-corrected chi connectivity index (χ4v) is 2.17. The van der Waals surface area contributed by atoms with Gasteiger partial charge in [0.2, 0.25) is 0 Å². The number of para-hydroxylation sites is 2. The molecule has 0 aliphatic rings. The minimum absolute atomic E-state index is 0.0540. The Hall–Kier alpha value is -2.80. The fraction of sp³-hybridized carbons (Fsp3) is 0.188. The fourth-order valence-electron chi connectivity index (χ4n) is 2.01. The smallest absolute Gasteiger partial charge is 0.283 e. The number of nitrogens with one attached hydrogen (secondary N) is 1. The van der Waals surface area contributed by atoms with Gasteiger partial charge in [-0.3, -0.25) is 14.9 Å². The van der Waals surface area contributed by atoms with E-state index in [1.165, 1.54) is 19.2 Å². The molecule has 24 heavy (non-hydrogen) atoms. The van der Waals surface area contributed by atoms with Gasteiger partial charge >= 0.3 is 0 Å². The van der Waals surface area contributed by atoms with Gasteiger partial charge in [-0.2, -0.15) is 0 Å². The lowest BCUT2D eigenvalue weighted by Gasteiger charge is -2.11. The molecule has 0 aromatic heterocycles. The van der Waals surface area contributed by atoms with Gasteiger partial charge < -0.3 is 14.8 Å². The van der Waals surface area contributed by atoms with Crippen molar-refractivity contribution in [2.24, 2.45) is 0 Å². The molecule has 2 aromatic carbocycles. The van der Waals surface area contributed by atoms with Gasteiger partial charge in [0.05, 0.1) is 18.6 Å². The van der Waals surface area contributed by atoms with Gasteiger partial charge in [0.15, 0.2) is 11.5 Å². The molecule has 0 atom stereocenters. The van der Waals surface area contributed by atoms with Crippen LogP contribution in [0, 0.1) is 10.1 Å². The van der Waals surface area contributed by atoms with Gasteiger partial charge in [-0.1, -0.05) is 23.7 Å². The van der Waals surface area contributed by atoms with Gasteiger partial charge in [0, 0.05) is 11.1 Å². The first-order valence-corrected chi connectivity index (χ1v) is 7.38. The van der Waals surface area contributed by atoms with Crippen molar-refractivity contribution < 1.29 is 19.2 Å². The number of amides is 1. The van der Waals surface area contributed by atoms with Crippen molar-refractivity contribution in [2.75, 3.05) is 20.3 Å². The molecule has 1 N–H and O–H groups in total. The molecule has 0 saturated carbocycles. The molecule has 0 fully saturated rings. The summed E-state index contributed by atoms with van der Waals surface area (Å²) < 4.78 is 10.7. The molecule has 1 amide bonds. The Morgan fingerprint density at radius 3 is 2.62 bits per heavy atom. The first-order chi connectivity index (χ1) is 11.5. The van der Waals surface area contributed by atoms with Gasteiger partial charge in [-0.25, -0.2) is 0 Å². The monoisotopic (exact) mass is 350 g/mol. The number of ether oxygens (including phenoxy) is 2. The number of hydrogen-bond acceptors (Lipinski definition) is 5. The van der Waals surface area contributed by atoms with Gasteiger partial charge in [-0.05, 0) is 24.3 Å². The Morgan fingerprint density at radius 2 is 1.96 bits per heavy atom. The number of rotatable bonds is 7. The van der Waals surface area contributed by atoms with Crippen LogP contribution in [-0.2, 0) is 0 Å². The number of halogens is 1. The number of methoxy groups -OCH3 is 1. The SMILES string of the molecule is COc1ccccc1OCCNC(=O)c1ccc(Cl)cc1[N+](=O)[O-]. The Kier molecular flexibility index (Phi) is 5.97. The van der Waals surface area contributed by atoms with E-state index in [4.69, 9.17) is 21.1 Å². The van der Waals surface area contributed by atoms with Crippen molar-refractivity contribution in [3.8, 4) is 11.5 Å². The molecule has 126 valence electrons. The van der Waals surface area contributed by atoms with Crippen molar-refractivity contribution in [3.63, 3.8) is 0 Å². The summed E-state index contributed by atoms with van der Waals surface area (Å²) in [5, 5.41) is 13.8. The Bertz CT molecular complexity index is 751. The van der Waals surface area contributed by atoms with Crippen molar-refractivity contribution >= 4 is 23.2 Å². The number of nitro groups is 1. The molecule has 0 unspecified atom stereocenters. The van der Waals surface area contributed by atoms with Crippen LogP contribution >= 0.6 is 11.6 Å². The molecule has 0 bridgehead atoms. The predicted octanol–water partition coefficient (Wildman–Crippen LogP) is 3.07. The molecular formula is C16H15ClN2O5. The molecular weight excluding hydrogens is 336 g/mol. The summed E-state index contributed by atoms with van der Waals surface area (Å²) in [7, 11) is 1.53. The second-order valence-electron chi connectivity index (χ2n) is 4.67. The second-order valence-corrected chi connectivity index (χ2v) is 5.11. The Balaban J connectivity index is 1.93. The van der Waals surface area contributed by atoms with E-state index in [2.05, 4.69) is 5.32 Å². The van der Waals surface area contributed by atoms with E-state index < -0.39 is 10.8 Å². The molecule has 0 heterocycles. The van der Waals surface area contributed by atoms with Crippen LogP contribution in [0.25, 0.3) is 0 Å². The van der Waals surface area contributed by atoms with E-state index >= 15 is 0 Å². The highest BCUT2D eigenvalue weighted by atomic mass is 35.5. The van der Waals surface area contributed by atoms with E-state index in [-0.39, 0.29) is 29.4 Å². The van der Waals surface area contributed by atoms with Crippen molar-refractivity contribution in [1.82, 2.24) is 5.32 Å². The highest BCUT2D eigenvalue weighted by Gasteiger charge is 2.20. The number of hydrogen-bond donors (Lipinski definition) is 1. The van der Waals surface area contributed by atoms with Crippen LogP contribution < -0.4 is 14.8 Å². The molecule has 0 aliphatic heterocycles. The molecule has 0 radical (unpaired) electrons. The summed E-state index contributed by atoms with van der Waals surface area (Å²) in [4.78, 5) is 22.4. The maximum atomic E-state index is 12.1. The van der Waals surface area contributed by atoms with Crippen LogP contribution in [0.2, 0.25) is 5.02 Å². The highest BCUT2D eigenvalue weighted by Crippen LogP contribution is 2.25. The standard InChI is InChI=1S/C16H15ClN2O5/c1-23-14-4-2-3-5-15(14)24-9-8-18-16(20)12-7-6-11(17)10-13(12)19(21)22/h2-7,10H,8-9H2,1H3,(H,18,20). The molecule has 2 rings (SSSR count). The average Bonchev–Trinajstić information content (AvgIpc) is 2.58. The maximum absolute atomic E-state index is 12.1. The van der Waals surface area contributed by atoms with Gasteiger partial charge in [0.25, 0.3) is 11.6 Å². The molecule has 7 nitrogen and oxygen atoms in total. The zero-order valence-corrected chi connectivity index (χ0v) is 13.6. The molecule has 8 heteroatoms. The van der Waals surface area contributed by atoms with Crippen molar-refractivity contribution in [2.45, 2.75) is 0 Å². The third-order valence-corrected chi connectivity index (χ3v) is 3.35. The lowest BCUT2D eigenvalue weighted by Crippen LogP contribution is -2.28. The maximum Gasteiger partial charge on any atom is 0.283 e. The predicted molar refractivity (Wildman–Crippen MR) is 88.9 cm³/mol. The molecule has 0 saturated heterocycles. The van der Waals surface area contributed by atoms with Gasteiger partial charge in [-0.15, -0.1) is 0 Å². The van der Waals surface area contributed by atoms with E-state index in [1.807, 2.05) is 6.07 Å². The van der Waals surface area contributed by atoms with Crippen LogP contribution in [0.4, 0.5) is 5.69 Å². The number of benzene rings is 2. The minimum Gasteiger partial charge on any atom is -0.493 e. The number of carbonyl (C=O) groups is 1. The summed E-state index contributed by atoms with van der Waals surface area (Å²) in [5.41, 5.74) is -0.396. The number of carbonyl (C=O) groups excluding carboxylic acids is 1. The van der Waals surface area contributed by atoms with Crippen LogP contribution in [-0.4, -0.2) is 31.1 Å². The quantitative estimate of drug-likeness (QED) is 0.471. The van der Waals surface area contributed by atoms with Crippen LogP contribution in [0.1, 0.15) is 10.4 Å². The van der Waals surface area contributed by atoms with Gasteiger partial charge in [0.1, 0.15) is 12.2 Å². The third kappa shape index (κ3) is 4.36. The third-order valence-electron chi connectivity index (χ3n) is 3.12. The van der Waals surface area contributed by atoms with E-state index in [1.54, 1.807) is 18.2 Å². The summed E-state index contributed by atoms with van der Waals surface area (Å²) >= 11 is 5.72. The average molecular weight is 351 g/mol. The van der Waals surface area contributed by atoms with Crippen LogP contribution in [0.15, 0.2) is 42.5 Å². The topological polar surface area (TPSA) is 90.7 Å². The van der Waals surface area contributed by atoms with E-state index in [9.17, 15) is 14.9 Å². The molecule has 0 spiro atoms. The number of nitrogens with zero attached hydrogens (tertiary/aromatic N) is 1. The summed E-state index contributed by atoms with van der Waals surface area (Å²) in [5.74, 6) is 0.561. The zero-order chi connectivity index (χ0) is 17.5. The van der Waals surface area contributed by atoms with E-state index in [0.29, 0.717) is 11.5 Å². The summed E-state index contributed by atoms with van der Waals surface area (Å²) in [6.45, 7) is 0.365. The first-order valence-electron chi connectivity index (χ1n) is 7.01. The Morgan fingerprint density at radius 1 is 1.25 bits per heavy atom. The summed E-state index contributed by atoms with van der Waals surface area (Å²) in [6, 6.07) is 11.0. The highest BCUT2D eigenvalue weighted by molar-refractivity contribution is 6.31. The molecule has 0 aliphatic carbocycles. The van der Waals surface area contributed by atoms with Crippen LogP contribution in [0.3, 0.4) is 0 Å². The Labute approximate surface area is 143 Å². The minimum atomic E-state index is -0.647. The molecule has 2 aromatic rings. The normalized spacial score (nSPS) is 10.1. The van der Waals surface area contributed by atoms with Crippen LogP contribution in [0.5, 0.6) is 11.5 Å². The van der Waals surface area contributed by atoms with Crippen molar-refractivity contribution in [1.29, 1.82) is 0 Å². The second kappa shape index (κ2) is 8.16. The summed E-state index contributed by atoms with van der Waals surface area (Å²) in [6.07, 6.45) is 0. The lowest BCUT2D eigenvalue weighted by molar-refractivity contribution is -0.385. The largest absolute Gasteiger partial charge is 0.493 e. The lowest BCUT2D eigenvalue weighted by atomic mass is 10.1. The van der Waals surface area contributed by atoms with Crippen molar-refractivity contribution in [3.05, 3.63) is 63.2 Å². The van der Waals surface area contributed by atoms with E-state index in [0.717, 1.165) is 6.07 Å². The number of nitro benzene ring substituents is 1. The zero-order valence-electron chi connectivity index (χ0n) is 12.8. The first kappa shape index (κ1) is 17.6.